The topological polar surface area (TPSA) is 35.0 Å². The SMILES string of the molecule is CC(C)c1c(Cl)ncnc1Oc1cc(F)ccc1F. The molecule has 0 N–H and O–H groups in total. The summed E-state index contributed by atoms with van der Waals surface area (Å²) in [5.74, 6) is -1.40. The van der Waals surface area contributed by atoms with E-state index in [4.69, 9.17) is 16.3 Å². The highest BCUT2D eigenvalue weighted by Gasteiger charge is 2.17. The Hall–Kier alpha value is -1.75. The van der Waals surface area contributed by atoms with Gasteiger partial charge in [0, 0.05) is 6.07 Å². The van der Waals surface area contributed by atoms with E-state index in [1.54, 1.807) is 0 Å². The molecule has 0 bridgehead atoms. The highest BCUT2D eigenvalue weighted by Crippen LogP contribution is 2.33. The van der Waals surface area contributed by atoms with Gasteiger partial charge in [0.15, 0.2) is 11.6 Å². The minimum absolute atomic E-state index is 0.0136. The van der Waals surface area contributed by atoms with E-state index in [1.807, 2.05) is 13.8 Å². The van der Waals surface area contributed by atoms with Crippen LogP contribution in [0.2, 0.25) is 5.15 Å². The fourth-order valence-corrected chi connectivity index (χ4v) is 1.93. The van der Waals surface area contributed by atoms with Crippen LogP contribution in [0.3, 0.4) is 0 Å². The minimum Gasteiger partial charge on any atom is -0.435 e. The summed E-state index contributed by atoms with van der Waals surface area (Å²) >= 11 is 5.96. The lowest BCUT2D eigenvalue weighted by atomic mass is 10.1. The van der Waals surface area contributed by atoms with Gasteiger partial charge in [0.05, 0.1) is 5.56 Å². The summed E-state index contributed by atoms with van der Waals surface area (Å²) in [6.45, 7) is 3.75. The van der Waals surface area contributed by atoms with E-state index in [0.29, 0.717) is 5.56 Å². The molecular weight excluding hydrogens is 274 g/mol. The van der Waals surface area contributed by atoms with Crippen LogP contribution >= 0.6 is 11.6 Å². The molecule has 0 saturated carbocycles. The highest BCUT2D eigenvalue weighted by molar-refractivity contribution is 6.30. The molecule has 1 aromatic heterocycles. The van der Waals surface area contributed by atoms with Crippen molar-refractivity contribution in [3.63, 3.8) is 0 Å². The summed E-state index contributed by atoms with van der Waals surface area (Å²) in [5, 5.41) is 0.233. The molecule has 1 aromatic carbocycles. The van der Waals surface area contributed by atoms with Crippen LogP contribution in [0.25, 0.3) is 0 Å². The number of aromatic nitrogens is 2. The number of hydrogen-bond donors (Lipinski definition) is 0. The van der Waals surface area contributed by atoms with Gasteiger partial charge in [0.2, 0.25) is 5.88 Å². The molecule has 0 unspecified atom stereocenters. The first-order valence-corrected chi connectivity index (χ1v) is 6.00. The molecule has 0 aliphatic carbocycles. The molecule has 3 nitrogen and oxygen atoms in total. The molecule has 0 radical (unpaired) electrons. The summed E-state index contributed by atoms with van der Waals surface area (Å²) in [6.07, 6.45) is 1.21. The number of nitrogens with zero attached hydrogens (tertiary/aromatic N) is 2. The molecule has 19 heavy (non-hydrogen) atoms. The van der Waals surface area contributed by atoms with Gasteiger partial charge in [-0.3, -0.25) is 0 Å². The van der Waals surface area contributed by atoms with Gasteiger partial charge in [-0.15, -0.1) is 0 Å². The van der Waals surface area contributed by atoms with Crippen molar-refractivity contribution in [1.29, 1.82) is 0 Å². The van der Waals surface area contributed by atoms with Gasteiger partial charge in [-0.05, 0) is 18.1 Å². The molecule has 0 atom stereocenters. The third-order valence-corrected chi connectivity index (χ3v) is 2.78. The van der Waals surface area contributed by atoms with Crippen LogP contribution in [-0.4, -0.2) is 9.97 Å². The van der Waals surface area contributed by atoms with E-state index < -0.39 is 11.6 Å². The van der Waals surface area contributed by atoms with Gasteiger partial charge in [-0.2, -0.15) is 0 Å². The second kappa shape index (κ2) is 5.48. The molecule has 0 aliphatic heterocycles. The summed E-state index contributed by atoms with van der Waals surface area (Å²) in [5.41, 5.74) is 0.549. The van der Waals surface area contributed by atoms with Crippen LogP contribution in [0.5, 0.6) is 11.6 Å². The maximum absolute atomic E-state index is 13.5. The second-order valence-electron chi connectivity index (χ2n) is 4.21. The minimum atomic E-state index is -0.675. The zero-order valence-corrected chi connectivity index (χ0v) is 11.1. The molecular formula is C13H11ClF2N2O. The van der Waals surface area contributed by atoms with E-state index in [1.165, 1.54) is 6.33 Å². The average molecular weight is 285 g/mol. The van der Waals surface area contributed by atoms with Gasteiger partial charge >= 0.3 is 0 Å². The lowest BCUT2D eigenvalue weighted by Crippen LogP contribution is -2.00. The monoisotopic (exact) mass is 284 g/mol. The first kappa shape index (κ1) is 13.7. The van der Waals surface area contributed by atoms with Crippen LogP contribution in [0.1, 0.15) is 25.3 Å². The fraction of sp³-hybridized carbons (Fsp3) is 0.231. The molecule has 0 spiro atoms. The van der Waals surface area contributed by atoms with Crippen molar-refractivity contribution >= 4 is 11.6 Å². The summed E-state index contributed by atoms with van der Waals surface area (Å²) in [6, 6.07) is 2.95. The molecule has 0 aliphatic rings. The van der Waals surface area contributed by atoms with E-state index >= 15 is 0 Å². The van der Waals surface area contributed by atoms with Crippen molar-refractivity contribution in [2.75, 3.05) is 0 Å². The van der Waals surface area contributed by atoms with Gasteiger partial charge in [0.25, 0.3) is 0 Å². The molecule has 0 amide bonds. The molecule has 2 rings (SSSR count). The van der Waals surface area contributed by atoms with Gasteiger partial charge in [-0.25, -0.2) is 18.7 Å². The smallest absolute Gasteiger partial charge is 0.227 e. The zero-order chi connectivity index (χ0) is 14.0. The average Bonchev–Trinajstić information content (AvgIpc) is 2.33. The Morgan fingerprint density at radius 3 is 2.63 bits per heavy atom. The number of benzene rings is 1. The van der Waals surface area contributed by atoms with Crippen LogP contribution in [0, 0.1) is 11.6 Å². The lowest BCUT2D eigenvalue weighted by Gasteiger charge is -2.13. The van der Waals surface area contributed by atoms with Crippen molar-refractivity contribution < 1.29 is 13.5 Å². The van der Waals surface area contributed by atoms with E-state index in [-0.39, 0.29) is 22.7 Å². The third kappa shape index (κ3) is 2.98. The number of rotatable bonds is 3. The summed E-state index contributed by atoms with van der Waals surface area (Å²) < 4.78 is 31.9. The maximum Gasteiger partial charge on any atom is 0.227 e. The Labute approximate surface area is 114 Å². The fourth-order valence-electron chi connectivity index (χ4n) is 1.59. The highest BCUT2D eigenvalue weighted by atomic mass is 35.5. The van der Waals surface area contributed by atoms with Gasteiger partial charge < -0.3 is 4.74 Å². The summed E-state index contributed by atoms with van der Waals surface area (Å²) in [7, 11) is 0. The predicted molar refractivity (Wildman–Crippen MR) is 67.6 cm³/mol. The van der Waals surface area contributed by atoms with Crippen molar-refractivity contribution in [3.05, 3.63) is 46.9 Å². The van der Waals surface area contributed by atoms with E-state index in [2.05, 4.69) is 9.97 Å². The molecule has 1 heterocycles. The second-order valence-corrected chi connectivity index (χ2v) is 4.57. The Balaban J connectivity index is 2.44. The maximum atomic E-state index is 13.5. The molecule has 100 valence electrons. The molecule has 0 fully saturated rings. The van der Waals surface area contributed by atoms with Crippen LogP contribution < -0.4 is 4.74 Å². The van der Waals surface area contributed by atoms with Crippen molar-refractivity contribution in [2.45, 2.75) is 19.8 Å². The standard InChI is InChI=1S/C13H11ClF2N2O/c1-7(2)11-12(14)17-6-18-13(11)19-10-5-8(15)3-4-9(10)16/h3-7H,1-2H3. The number of hydrogen-bond acceptors (Lipinski definition) is 3. The third-order valence-electron chi connectivity index (χ3n) is 2.48. The first-order chi connectivity index (χ1) is 8.99. The Bertz CT molecular complexity index is 605. The molecule has 2 aromatic rings. The Kier molecular flexibility index (Phi) is 3.95. The Morgan fingerprint density at radius 1 is 1.21 bits per heavy atom. The Morgan fingerprint density at radius 2 is 1.95 bits per heavy atom. The van der Waals surface area contributed by atoms with E-state index in [9.17, 15) is 8.78 Å². The van der Waals surface area contributed by atoms with Crippen molar-refractivity contribution in [1.82, 2.24) is 9.97 Å². The first-order valence-electron chi connectivity index (χ1n) is 5.62. The van der Waals surface area contributed by atoms with Crippen LogP contribution in [0.15, 0.2) is 24.5 Å². The molecule has 6 heteroatoms. The largest absolute Gasteiger partial charge is 0.435 e. The van der Waals surface area contributed by atoms with Crippen LogP contribution in [-0.2, 0) is 0 Å². The van der Waals surface area contributed by atoms with Crippen LogP contribution in [0.4, 0.5) is 8.78 Å². The quantitative estimate of drug-likeness (QED) is 0.787. The number of ether oxygens (including phenoxy) is 1. The van der Waals surface area contributed by atoms with Gasteiger partial charge in [0.1, 0.15) is 17.3 Å². The lowest BCUT2D eigenvalue weighted by molar-refractivity contribution is 0.414. The normalized spacial score (nSPS) is 10.8. The number of halogens is 3. The van der Waals surface area contributed by atoms with E-state index in [0.717, 1.165) is 18.2 Å². The van der Waals surface area contributed by atoms with Crippen molar-refractivity contribution in [2.24, 2.45) is 0 Å². The zero-order valence-electron chi connectivity index (χ0n) is 10.3. The summed E-state index contributed by atoms with van der Waals surface area (Å²) in [4.78, 5) is 7.77. The van der Waals surface area contributed by atoms with Crippen molar-refractivity contribution in [3.8, 4) is 11.6 Å². The van der Waals surface area contributed by atoms with Gasteiger partial charge in [-0.1, -0.05) is 25.4 Å². The molecule has 0 saturated heterocycles. The predicted octanol–water partition coefficient (Wildman–Crippen LogP) is 4.32.